The highest BCUT2D eigenvalue weighted by atomic mass is 79.9. The number of halogens is 3. The molecule has 6 heteroatoms. The van der Waals surface area contributed by atoms with E-state index in [9.17, 15) is 9.59 Å². The lowest BCUT2D eigenvalue weighted by Gasteiger charge is -2.23. The molecule has 2 rings (SSSR count). The molecule has 0 heterocycles. The summed E-state index contributed by atoms with van der Waals surface area (Å²) in [5, 5.41) is 9.56. The largest absolute Gasteiger partial charge is 0.480 e. The zero-order valence-corrected chi connectivity index (χ0v) is 15.8. The number of Topliss-reactive ketones (excluding diaryl/α,β-unsaturated/α-hetero) is 1. The maximum Gasteiger partial charge on any atom is 0.318 e. The van der Waals surface area contributed by atoms with E-state index in [1.165, 1.54) is 19.3 Å². The molecular formula is C16H17Br2ClO3. The summed E-state index contributed by atoms with van der Waals surface area (Å²) in [6, 6.07) is 5.31. The van der Waals surface area contributed by atoms with Crippen molar-refractivity contribution in [1.29, 1.82) is 0 Å². The van der Waals surface area contributed by atoms with Crippen LogP contribution in [0.1, 0.15) is 53.9 Å². The van der Waals surface area contributed by atoms with Crippen LogP contribution in [-0.4, -0.2) is 26.5 Å². The van der Waals surface area contributed by atoms with Gasteiger partial charge in [-0.25, -0.2) is 0 Å². The number of alkyl halides is 2. The van der Waals surface area contributed by atoms with E-state index in [4.69, 9.17) is 16.7 Å². The number of ketones is 1. The van der Waals surface area contributed by atoms with Gasteiger partial charge in [0.15, 0.2) is 5.78 Å². The van der Waals surface area contributed by atoms with Crippen LogP contribution in [0.5, 0.6) is 0 Å². The molecule has 0 spiro atoms. The molecule has 1 aromatic carbocycles. The number of carboxylic acid groups (broad SMARTS) is 1. The summed E-state index contributed by atoms with van der Waals surface area (Å²) in [7, 11) is 0. The van der Waals surface area contributed by atoms with Crippen molar-refractivity contribution in [3.8, 4) is 0 Å². The van der Waals surface area contributed by atoms with Crippen molar-refractivity contribution in [3.05, 3.63) is 34.3 Å². The van der Waals surface area contributed by atoms with Crippen LogP contribution in [-0.2, 0) is 4.79 Å². The second-order valence-corrected chi connectivity index (χ2v) is 7.96. The number of benzene rings is 1. The van der Waals surface area contributed by atoms with Gasteiger partial charge in [0.05, 0.1) is 0 Å². The molecule has 0 amide bonds. The van der Waals surface area contributed by atoms with Crippen LogP contribution in [0.4, 0.5) is 0 Å². The molecule has 1 N–H and O–H groups in total. The molecule has 1 fully saturated rings. The molecule has 1 saturated carbocycles. The lowest BCUT2D eigenvalue weighted by molar-refractivity contribution is -0.136. The van der Waals surface area contributed by atoms with E-state index in [0.717, 1.165) is 18.4 Å². The number of carbonyl (C=O) groups is 2. The molecule has 0 bridgehead atoms. The standard InChI is InChI=1S/C16H17Br2ClO3/c17-13(14(18)16(21)22)15(20)10-6-7-11(12(19)8-10)9-4-2-1-3-5-9/h6-9,13-14H,1-5H2,(H,21,22). The number of rotatable bonds is 5. The minimum atomic E-state index is -1.08. The Balaban J connectivity index is 2.18. The molecule has 22 heavy (non-hydrogen) atoms. The molecule has 2 unspecified atom stereocenters. The summed E-state index contributed by atoms with van der Waals surface area (Å²) in [5.41, 5.74) is 1.52. The van der Waals surface area contributed by atoms with E-state index in [-0.39, 0.29) is 5.78 Å². The molecule has 0 aliphatic heterocycles. The summed E-state index contributed by atoms with van der Waals surface area (Å²) >= 11 is 12.5. The summed E-state index contributed by atoms with van der Waals surface area (Å²) in [6.45, 7) is 0. The number of carbonyl (C=O) groups excluding carboxylic acids is 1. The lowest BCUT2D eigenvalue weighted by atomic mass is 9.83. The van der Waals surface area contributed by atoms with Gasteiger partial charge in [-0.3, -0.25) is 9.59 Å². The maximum atomic E-state index is 12.3. The first-order valence-electron chi connectivity index (χ1n) is 7.26. The molecule has 120 valence electrons. The summed E-state index contributed by atoms with van der Waals surface area (Å²) in [5.74, 6) is -0.908. The van der Waals surface area contributed by atoms with Gasteiger partial charge in [0.1, 0.15) is 9.65 Å². The van der Waals surface area contributed by atoms with Gasteiger partial charge in [-0.15, -0.1) is 0 Å². The Hall–Kier alpha value is -0.390. The Kier molecular flexibility index (Phi) is 6.47. The van der Waals surface area contributed by atoms with Gasteiger partial charge < -0.3 is 5.11 Å². The van der Waals surface area contributed by atoms with E-state index >= 15 is 0 Å². The van der Waals surface area contributed by atoms with Crippen LogP contribution in [0.25, 0.3) is 0 Å². The summed E-state index contributed by atoms with van der Waals surface area (Å²) < 4.78 is 0. The second kappa shape index (κ2) is 7.93. The van der Waals surface area contributed by atoms with Crippen LogP contribution in [0, 0.1) is 0 Å². The molecular weight excluding hydrogens is 435 g/mol. The molecule has 0 saturated heterocycles. The average molecular weight is 453 g/mol. The zero-order valence-electron chi connectivity index (χ0n) is 11.9. The smallest absolute Gasteiger partial charge is 0.318 e. The van der Waals surface area contributed by atoms with E-state index in [1.54, 1.807) is 12.1 Å². The fourth-order valence-electron chi connectivity index (χ4n) is 2.84. The lowest BCUT2D eigenvalue weighted by Crippen LogP contribution is -2.30. The third-order valence-electron chi connectivity index (χ3n) is 4.07. The monoisotopic (exact) mass is 450 g/mol. The molecule has 1 aliphatic carbocycles. The Morgan fingerprint density at radius 2 is 1.77 bits per heavy atom. The van der Waals surface area contributed by atoms with Crippen LogP contribution in [0.2, 0.25) is 5.02 Å². The van der Waals surface area contributed by atoms with Crippen molar-refractivity contribution in [3.63, 3.8) is 0 Å². The van der Waals surface area contributed by atoms with Crippen molar-refractivity contribution in [2.75, 3.05) is 0 Å². The van der Waals surface area contributed by atoms with Gasteiger partial charge in [0.25, 0.3) is 0 Å². The molecule has 1 aliphatic rings. The van der Waals surface area contributed by atoms with E-state index in [0.29, 0.717) is 16.5 Å². The first-order chi connectivity index (χ1) is 10.4. The third-order valence-corrected chi connectivity index (χ3v) is 6.97. The van der Waals surface area contributed by atoms with Gasteiger partial charge in [0.2, 0.25) is 0 Å². The predicted octanol–water partition coefficient (Wildman–Crippen LogP) is 5.18. The van der Waals surface area contributed by atoms with Crippen molar-refractivity contribution in [2.24, 2.45) is 0 Å². The Labute approximate surface area is 151 Å². The van der Waals surface area contributed by atoms with Crippen LogP contribution < -0.4 is 0 Å². The van der Waals surface area contributed by atoms with Gasteiger partial charge in [0, 0.05) is 10.6 Å². The number of aliphatic carboxylic acids is 1. The summed E-state index contributed by atoms with van der Waals surface area (Å²) in [4.78, 5) is 21.5. The normalized spacial score (nSPS) is 18.7. The molecule has 2 atom stereocenters. The third kappa shape index (κ3) is 4.12. The Morgan fingerprint density at radius 1 is 1.14 bits per heavy atom. The minimum Gasteiger partial charge on any atom is -0.480 e. The Morgan fingerprint density at radius 3 is 2.32 bits per heavy atom. The predicted molar refractivity (Wildman–Crippen MR) is 94.7 cm³/mol. The van der Waals surface area contributed by atoms with E-state index in [2.05, 4.69) is 31.9 Å². The topological polar surface area (TPSA) is 54.4 Å². The quantitative estimate of drug-likeness (QED) is 0.495. The van der Waals surface area contributed by atoms with Gasteiger partial charge in [-0.1, -0.05) is 74.9 Å². The summed E-state index contributed by atoms with van der Waals surface area (Å²) in [6.07, 6.45) is 5.98. The van der Waals surface area contributed by atoms with Gasteiger partial charge in [-0.05, 0) is 30.4 Å². The van der Waals surface area contributed by atoms with Crippen LogP contribution in [0.15, 0.2) is 18.2 Å². The van der Waals surface area contributed by atoms with E-state index < -0.39 is 15.6 Å². The maximum absolute atomic E-state index is 12.3. The fraction of sp³-hybridized carbons (Fsp3) is 0.500. The number of carboxylic acids is 1. The SMILES string of the molecule is O=C(O)C(Br)C(Br)C(=O)c1ccc(C2CCCCC2)c(Cl)c1. The highest BCUT2D eigenvalue weighted by molar-refractivity contribution is 9.12. The molecule has 0 radical (unpaired) electrons. The van der Waals surface area contributed by atoms with Crippen molar-refractivity contribution in [2.45, 2.75) is 47.7 Å². The molecule has 1 aromatic rings. The Bertz CT molecular complexity index is 571. The minimum absolute atomic E-state index is 0.290. The second-order valence-electron chi connectivity index (χ2n) is 5.58. The highest BCUT2D eigenvalue weighted by Crippen LogP contribution is 2.37. The van der Waals surface area contributed by atoms with Gasteiger partial charge >= 0.3 is 5.97 Å². The first kappa shape index (κ1) is 18.0. The van der Waals surface area contributed by atoms with E-state index in [1.807, 2.05) is 6.07 Å². The number of hydrogen-bond acceptors (Lipinski definition) is 2. The molecule has 0 aromatic heterocycles. The highest BCUT2D eigenvalue weighted by Gasteiger charge is 2.30. The van der Waals surface area contributed by atoms with Crippen molar-refractivity contribution >= 4 is 55.2 Å². The van der Waals surface area contributed by atoms with Crippen molar-refractivity contribution < 1.29 is 14.7 Å². The molecule has 3 nitrogen and oxygen atoms in total. The van der Waals surface area contributed by atoms with Crippen molar-refractivity contribution in [1.82, 2.24) is 0 Å². The average Bonchev–Trinajstić information content (AvgIpc) is 2.53. The fourth-order valence-corrected chi connectivity index (χ4v) is 3.91. The van der Waals surface area contributed by atoms with Gasteiger partial charge in [-0.2, -0.15) is 0 Å². The number of hydrogen-bond donors (Lipinski definition) is 1. The van der Waals surface area contributed by atoms with Crippen LogP contribution in [0.3, 0.4) is 0 Å². The van der Waals surface area contributed by atoms with Crippen LogP contribution >= 0.6 is 43.5 Å². The zero-order chi connectivity index (χ0) is 16.3. The first-order valence-corrected chi connectivity index (χ1v) is 9.47.